The minimum atomic E-state index is -0.292. The molecular formula is C71H150N7P. The first-order valence-corrected chi connectivity index (χ1v) is 37.4. The summed E-state index contributed by atoms with van der Waals surface area (Å²) in [6.07, 6.45) is 57.8. The van der Waals surface area contributed by atoms with E-state index in [0.29, 0.717) is 0 Å². The second-order valence-corrected chi connectivity index (χ2v) is 29.8. The van der Waals surface area contributed by atoms with Crippen molar-refractivity contribution >= 4 is 8.37 Å². The van der Waals surface area contributed by atoms with Crippen molar-refractivity contribution in [2.75, 3.05) is 106 Å². The predicted molar refractivity (Wildman–Crippen MR) is 360 cm³/mol. The summed E-state index contributed by atoms with van der Waals surface area (Å²) in [4.78, 5) is 10.5. The molecule has 3 saturated heterocycles. The van der Waals surface area contributed by atoms with Crippen molar-refractivity contribution in [1.29, 1.82) is 0 Å². The standard InChI is InChI=1S/C24H51N.C18H39N4P.C16H35N.C13H25N/c1-4-7-10-13-16-19-22-25(23-20-17-14-11-8-5-2)24-21-18-15-12-9-6-3;1-16(2)13-20-10-7-19-8-11-21(14-17(3)4)23(20)22(12-9-19)15-18(5)6;1-4-5-6-7-8-9-10-11-12-13-14-15-16-17(2)3;1-14(12-8-4-2-5-9-12)13-10-6-3-7-11-13/h4-24H2,1-3H3;16-18H,7-15H2,1-6H3;4-16H2,1-3H3;12-13H,2-11H2,1H3. The highest BCUT2D eigenvalue weighted by molar-refractivity contribution is 7.50. The van der Waals surface area contributed by atoms with Gasteiger partial charge in [0.05, 0.1) is 0 Å². The van der Waals surface area contributed by atoms with Crippen LogP contribution in [0.1, 0.15) is 326 Å². The highest BCUT2D eigenvalue weighted by Gasteiger charge is 2.37. The summed E-state index contributed by atoms with van der Waals surface area (Å²) in [7, 11) is 6.42. The van der Waals surface area contributed by atoms with Gasteiger partial charge in [0, 0.05) is 71.0 Å². The smallest absolute Gasteiger partial charge is 0.120 e. The molecule has 7 nitrogen and oxygen atoms in total. The molecule has 2 saturated carbocycles. The van der Waals surface area contributed by atoms with Gasteiger partial charge in [0.1, 0.15) is 8.37 Å². The van der Waals surface area contributed by atoms with E-state index in [1.807, 2.05) is 0 Å². The molecule has 2 aliphatic carbocycles. The normalized spacial score (nSPS) is 19.2. The minimum Gasteiger partial charge on any atom is -0.309 e. The van der Waals surface area contributed by atoms with Crippen LogP contribution in [0.4, 0.5) is 0 Å². The van der Waals surface area contributed by atoms with Crippen LogP contribution in [0, 0.1) is 17.8 Å². The maximum Gasteiger partial charge on any atom is 0.120 e. The van der Waals surface area contributed by atoms with E-state index >= 15 is 0 Å². The Balaban J connectivity index is 0.000000538. The lowest BCUT2D eigenvalue weighted by molar-refractivity contribution is 0.111. The number of hydrogen-bond acceptors (Lipinski definition) is 7. The van der Waals surface area contributed by atoms with Crippen molar-refractivity contribution in [1.82, 2.24) is 33.6 Å². The van der Waals surface area contributed by atoms with Crippen LogP contribution in [0.5, 0.6) is 0 Å². The number of nitrogens with zero attached hydrogens (tertiary/aromatic N) is 7. The second-order valence-electron chi connectivity index (χ2n) is 27.6. The molecule has 0 unspecified atom stereocenters. The largest absolute Gasteiger partial charge is 0.309 e. The summed E-state index contributed by atoms with van der Waals surface area (Å²) in [5, 5.41) is 0. The van der Waals surface area contributed by atoms with E-state index in [1.54, 1.807) is 0 Å². The van der Waals surface area contributed by atoms with E-state index in [2.05, 4.69) is 124 Å². The first-order valence-electron chi connectivity index (χ1n) is 36.2. The molecule has 0 spiro atoms. The molecule has 3 heterocycles. The number of hydrogen-bond donors (Lipinski definition) is 0. The molecule has 0 aromatic heterocycles. The molecular weight excluding hydrogens is 982 g/mol. The number of rotatable bonds is 42. The Kier molecular flexibility index (Phi) is 53.5. The van der Waals surface area contributed by atoms with Gasteiger partial charge in [-0.15, -0.1) is 0 Å². The first-order chi connectivity index (χ1) is 38.4. The molecule has 0 radical (unpaired) electrons. The van der Waals surface area contributed by atoms with Crippen LogP contribution in [0.15, 0.2) is 0 Å². The highest BCUT2D eigenvalue weighted by Crippen LogP contribution is 2.50. The zero-order valence-electron chi connectivity index (χ0n) is 56.9. The zero-order valence-corrected chi connectivity index (χ0v) is 57.8. The Labute approximate surface area is 501 Å². The van der Waals surface area contributed by atoms with Gasteiger partial charge in [0.25, 0.3) is 0 Å². The molecule has 79 heavy (non-hydrogen) atoms. The van der Waals surface area contributed by atoms with Crippen LogP contribution >= 0.6 is 8.37 Å². The summed E-state index contributed by atoms with van der Waals surface area (Å²) in [6, 6.07) is 1.85. The van der Waals surface area contributed by atoms with Gasteiger partial charge in [-0.3, -0.25) is 18.9 Å². The summed E-state index contributed by atoms with van der Waals surface area (Å²) in [5.41, 5.74) is 0. The fourth-order valence-electron chi connectivity index (χ4n) is 12.9. The first kappa shape index (κ1) is 77.2. The van der Waals surface area contributed by atoms with Gasteiger partial charge >= 0.3 is 0 Å². The van der Waals surface area contributed by atoms with E-state index in [0.717, 1.165) is 29.8 Å². The van der Waals surface area contributed by atoms with Crippen molar-refractivity contribution in [3.05, 3.63) is 0 Å². The van der Waals surface area contributed by atoms with Crippen molar-refractivity contribution in [3.8, 4) is 0 Å². The van der Waals surface area contributed by atoms with Gasteiger partial charge in [-0.25, -0.2) is 0 Å². The van der Waals surface area contributed by atoms with Crippen LogP contribution in [-0.4, -0.2) is 152 Å². The molecule has 0 aromatic rings. The quantitative estimate of drug-likeness (QED) is 0.0443. The highest BCUT2D eigenvalue weighted by atomic mass is 31.2. The lowest BCUT2D eigenvalue weighted by Gasteiger charge is -2.51. The molecule has 0 N–H and O–H groups in total. The van der Waals surface area contributed by atoms with E-state index in [9.17, 15) is 0 Å². The van der Waals surface area contributed by atoms with Gasteiger partial charge in [-0.1, -0.05) is 275 Å². The van der Waals surface area contributed by atoms with Gasteiger partial charge in [0.15, 0.2) is 0 Å². The molecule has 0 aromatic carbocycles. The molecule has 5 rings (SSSR count). The van der Waals surface area contributed by atoms with E-state index < -0.39 is 0 Å². The third kappa shape index (κ3) is 44.3. The van der Waals surface area contributed by atoms with E-state index in [1.165, 1.54) is 342 Å². The monoisotopic (exact) mass is 1130 g/mol. The van der Waals surface area contributed by atoms with Crippen molar-refractivity contribution in [3.63, 3.8) is 0 Å². The Morgan fingerprint density at radius 1 is 0.329 bits per heavy atom. The van der Waals surface area contributed by atoms with Crippen LogP contribution in [0.3, 0.4) is 0 Å². The fraction of sp³-hybridized carbons (Fsp3) is 1.00. The molecule has 3 aliphatic heterocycles. The molecule has 5 fully saturated rings. The fourth-order valence-corrected chi connectivity index (χ4v) is 16.2. The van der Waals surface area contributed by atoms with E-state index in [4.69, 9.17) is 0 Å². The topological polar surface area (TPSA) is 22.7 Å². The number of unbranched alkanes of at least 4 members (excludes halogenated alkanes) is 26. The maximum absolute atomic E-state index is 2.83. The Morgan fingerprint density at radius 3 is 0.835 bits per heavy atom. The van der Waals surface area contributed by atoms with Crippen LogP contribution in [-0.2, 0) is 0 Å². The molecule has 8 heteroatoms. The van der Waals surface area contributed by atoms with Crippen LogP contribution < -0.4 is 0 Å². The van der Waals surface area contributed by atoms with E-state index in [-0.39, 0.29) is 8.37 Å². The van der Waals surface area contributed by atoms with Crippen molar-refractivity contribution in [2.24, 2.45) is 17.8 Å². The molecule has 2 bridgehead atoms. The van der Waals surface area contributed by atoms with Crippen LogP contribution in [0.25, 0.3) is 0 Å². The van der Waals surface area contributed by atoms with Gasteiger partial charge < -0.3 is 14.7 Å². The second kappa shape index (κ2) is 54.8. The minimum absolute atomic E-state index is 0.292. The summed E-state index contributed by atoms with van der Waals surface area (Å²) in [6.45, 7) is 40.0. The predicted octanol–water partition coefficient (Wildman–Crippen LogP) is 20.6. The van der Waals surface area contributed by atoms with Crippen molar-refractivity contribution < 1.29 is 0 Å². The molecule has 0 amide bonds. The average Bonchev–Trinajstić information content (AvgIpc) is 3.42. The third-order valence-electron chi connectivity index (χ3n) is 17.8. The summed E-state index contributed by atoms with van der Waals surface area (Å²) in [5.74, 6) is 2.23. The third-order valence-corrected chi connectivity index (χ3v) is 20.4. The lowest BCUT2D eigenvalue weighted by Crippen LogP contribution is -2.53. The number of fused-ring (bicyclic) bond motifs is 6. The lowest BCUT2D eigenvalue weighted by atomic mass is 9.89. The Bertz CT molecular complexity index is 1110. The summed E-state index contributed by atoms with van der Waals surface area (Å²) < 4.78 is 8.49. The van der Waals surface area contributed by atoms with Gasteiger partial charge in [-0.05, 0) is 116 Å². The molecule has 474 valence electrons. The average molecular weight is 1130 g/mol. The summed E-state index contributed by atoms with van der Waals surface area (Å²) >= 11 is 0. The molecule has 5 aliphatic rings. The SMILES string of the molecule is CC(C)CN1CCN2CCN(CC(C)C)P1N(CC(C)C)CC2.CCCCCCCCCCCCCCN(C)C.CCCCCCCCN(CCCCCCCC)CCCCCCCC.CN(C1CCCCC1)C1CCCCC1. The van der Waals surface area contributed by atoms with Crippen LogP contribution in [0.2, 0.25) is 0 Å². The Morgan fingerprint density at radius 2 is 0.582 bits per heavy atom. The molecule has 0 atom stereocenters. The van der Waals surface area contributed by atoms with Crippen molar-refractivity contribution in [2.45, 2.75) is 338 Å². The maximum atomic E-state index is 2.83. The van der Waals surface area contributed by atoms with Gasteiger partial charge in [-0.2, -0.15) is 0 Å². The van der Waals surface area contributed by atoms with Gasteiger partial charge in [0.2, 0.25) is 0 Å². The Hall–Kier alpha value is 0.150. The zero-order chi connectivity index (χ0) is 58.0.